The van der Waals surface area contributed by atoms with Gasteiger partial charge < -0.3 is 10.5 Å². The molecule has 0 saturated heterocycles. The largest absolute Gasteiger partial charge is 0.573 e. The second-order valence-corrected chi connectivity index (χ2v) is 2.86. The quantitative estimate of drug-likeness (QED) is 0.840. The van der Waals surface area contributed by atoms with E-state index in [9.17, 15) is 13.2 Å². The van der Waals surface area contributed by atoms with Crippen molar-refractivity contribution in [2.75, 3.05) is 0 Å². The van der Waals surface area contributed by atoms with Crippen molar-refractivity contribution in [3.05, 3.63) is 28.8 Å². The van der Waals surface area contributed by atoms with Crippen molar-refractivity contribution in [3.8, 4) is 5.75 Å². The zero-order valence-corrected chi connectivity index (χ0v) is 7.69. The minimum Gasteiger partial charge on any atom is -0.404 e. The Morgan fingerprint density at radius 2 is 2.00 bits per heavy atom. The number of halogens is 4. The van der Waals surface area contributed by atoms with Gasteiger partial charge in [0.1, 0.15) is 5.75 Å². The Morgan fingerprint density at radius 3 is 2.50 bits per heavy atom. The summed E-state index contributed by atoms with van der Waals surface area (Å²) in [7, 11) is 0. The normalized spacial score (nSPS) is 11.5. The Kier molecular flexibility index (Phi) is 3.23. The van der Waals surface area contributed by atoms with E-state index in [0.29, 0.717) is 5.56 Å². The summed E-state index contributed by atoms with van der Waals surface area (Å²) in [5, 5.41) is -0.104. The molecule has 0 heterocycles. The van der Waals surface area contributed by atoms with Gasteiger partial charge in [0.25, 0.3) is 0 Å². The van der Waals surface area contributed by atoms with Crippen LogP contribution in [-0.2, 0) is 6.54 Å². The molecule has 78 valence electrons. The van der Waals surface area contributed by atoms with E-state index in [1.807, 2.05) is 0 Å². The summed E-state index contributed by atoms with van der Waals surface area (Å²) in [5.74, 6) is -0.429. The molecule has 14 heavy (non-hydrogen) atoms. The summed E-state index contributed by atoms with van der Waals surface area (Å²) >= 11 is 5.61. The van der Waals surface area contributed by atoms with E-state index in [1.54, 1.807) is 0 Å². The summed E-state index contributed by atoms with van der Waals surface area (Å²) in [5.41, 5.74) is 5.67. The van der Waals surface area contributed by atoms with Gasteiger partial charge in [-0.2, -0.15) is 0 Å². The fraction of sp³-hybridized carbons (Fsp3) is 0.250. The molecule has 0 aliphatic heterocycles. The van der Waals surface area contributed by atoms with Crippen LogP contribution in [0.2, 0.25) is 5.02 Å². The maximum absolute atomic E-state index is 11.8. The Hall–Kier alpha value is -0.940. The van der Waals surface area contributed by atoms with Crippen molar-refractivity contribution >= 4 is 11.6 Å². The third-order valence-corrected chi connectivity index (χ3v) is 1.92. The third-order valence-electron chi connectivity index (χ3n) is 1.49. The number of hydrogen-bond acceptors (Lipinski definition) is 2. The Balaban J connectivity index is 2.98. The highest BCUT2D eigenvalue weighted by Gasteiger charge is 2.32. The van der Waals surface area contributed by atoms with Crippen LogP contribution in [0.25, 0.3) is 0 Å². The van der Waals surface area contributed by atoms with E-state index < -0.39 is 12.1 Å². The second-order valence-electron chi connectivity index (χ2n) is 2.48. The second kappa shape index (κ2) is 4.06. The van der Waals surface area contributed by atoms with Crippen molar-refractivity contribution in [2.24, 2.45) is 5.73 Å². The lowest BCUT2D eigenvalue weighted by atomic mass is 10.2. The van der Waals surface area contributed by atoms with E-state index >= 15 is 0 Å². The highest BCUT2D eigenvalue weighted by molar-refractivity contribution is 6.32. The molecule has 0 radical (unpaired) electrons. The van der Waals surface area contributed by atoms with E-state index in [0.717, 1.165) is 6.07 Å². The molecule has 0 fully saturated rings. The molecule has 0 saturated carbocycles. The van der Waals surface area contributed by atoms with Gasteiger partial charge in [-0.15, -0.1) is 13.2 Å². The van der Waals surface area contributed by atoms with Gasteiger partial charge in [0.15, 0.2) is 0 Å². The van der Waals surface area contributed by atoms with Gasteiger partial charge in [0, 0.05) is 6.54 Å². The highest BCUT2D eigenvalue weighted by Crippen LogP contribution is 2.32. The molecule has 0 atom stereocenters. The molecule has 0 spiro atoms. The number of benzene rings is 1. The zero-order chi connectivity index (χ0) is 10.8. The third kappa shape index (κ3) is 2.78. The number of alkyl halides is 3. The van der Waals surface area contributed by atoms with Gasteiger partial charge in [-0.1, -0.05) is 23.7 Å². The van der Waals surface area contributed by atoms with Gasteiger partial charge in [-0.25, -0.2) is 0 Å². The fourth-order valence-corrected chi connectivity index (χ4v) is 1.16. The standard InChI is InChI=1S/C8H7ClF3NO/c9-7-5(4-13)2-1-3-6(7)14-8(10,11)12/h1-3H,4,13H2. The lowest BCUT2D eigenvalue weighted by molar-refractivity contribution is -0.274. The Bertz CT molecular complexity index is 327. The molecule has 0 unspecified atom stereocenters. The number of ether oxygens (including phenoxy) is 1. The van der Waals surface area contributed by atoms with Crippen LogP contribution >= 0.6 is 11.6 Å². The zero-order valence-electron chi connectivity index (χ0n) is 6.94. The number of rotatable bonds is 2. The minimum atomic E-state index is -4.74. The summed E-state index contributed by atoms with van der Waals surface area (Å²) in [6, 6.07) is 4.07. The van der Waals surface area contributed by atoms with E-state index in [2.05, 4.69) is 4.74 Å². The molecule has 1 rings (SSSR count). The van der Waals surface area contributed by atoms with Crippen LogP contribution in [0.5, 0.6) is 5.75 Å². The number of hydrogen-bond donors (Lipinski definition) is 1. The summed E-state index contributed by atoms with van der Waals surface area (Å²) in [6.07, 6.45) is -4.74. The summed E-state index contributed by atoms with van der Waals surface area (Å²) in [4.78, 5) is 0. The first kappa shape index (κ1) is 11.1. The molecule has 0 bridgehead atoms. The van der Waals surface area contributed by atoms with Crippen molar-refractivity contribution in [2.45, 2.75) is 12.9 Å². The summed E-state index contributed by atoms with van der Waals surface area (Å²) < 4.78 is 39.2. The van der Waals surface area contributed by atoms with Gasteiger partial charge >= 0.3 is 6.36 Å². The average Bonchev–Trinajstić information content (AvgIpc) is 2.06. The first-order valence-corrected chi connectivity index (χ1v) is 4.05. The average molecular weight is 226 g/mol. The maximum atomic E-state index is 11.8. The lowest BCUT2D eigenvalue weighted by Gasteiger charge is -2.11. The topological polar surface area (TPSA) is 35.2 Å². The molecular weight excluding hydrogens is 219 g/mol. The van der Waals surface area contributed by atoms with Crippen LogP contribution < -0.4 is 10.5 Å². The van der Waals surface area contributed by atoms with Crippen molar-refractivity contribution < 1.29 is 17.9 Å². The van der Waals surface area contributed by atoms with Crippen LogP contribution in [0.15, 0.2) is 18.2 Å². The van der Waals surface area contributed by atoms with Gasteiger partial charge in [-0.3, -0.25) is 0 Å². The first-order chi connectivity index (χ1) is 6.44. The van der Waals surface area contributed by atoms with E-state index in [-0.39, 0.29) is 11.6 Å². The smallest absolute Gasteiger partial charge is 0.404 e. The first-order valence-electron chi connectivity index (χ1n) is 3.67. The minimum absolute atomic E-state index is 0.0634. The highest BCUT2D eigenvalue weighted by atomic mass is 35.5. The van der Waals surface area contributed by atoms with Gasteiger partial charge in [0.05, 0.1) is 5.02 Å². The lowest BCUT2D eigenvalue weighted by Crippen LogP contribution is -2.17. The molecule has 1 aromatic rings. The molecule has 6 heteroatoms. The van der Waals surface area contributed by atoms with Crippen molar-refractivity contribution in [3.63, 3.8) is 0 Å². The predicted molar refractivity (Wildman–Crippen MR) is 46.0 cm³/mol. The SMILES string of the molecule is NCc1cccc(OC(F)(F)F)c1Cl. The molecule has 0 amide bonds. The summed E-state index contributed by atoms with van der Waals surface area (Å²) in [6.45, 7) is 0.0634. The molecule has 2 N–H and O–H groups in total. The van der Waals surface area contributed by atoms with Crippen LogP contribution in [0, 0.1) is 0 Å². The molecular formula is C8H7ClF3NO. The van der Waals surface area contributed by atoms with Crippen molar-refractivity contribution in [1.29, 1.82) is 0 Å². The van der Waals surface area contributed by atoms with Gasteiger partial charge in [-0.05, 0) is 11.6 Å². The van der Waals surface area contributed by atoms with E-state index in [4.69, 9.17) is 17.3 Å². The van der Waals surface area contributed by atoms with E-state index in [1.165, 1.54) is 12.1 Å². The predicted octanol–water partition coefficient (Wildman–Crippen LogP) is 2.70. The molecule has 2 nitrogen and oxygen atoms in total. The van der Waals surface area contributed by atoms with Crippen molar-refractivity contribution in [1.82, 2.24) is 0 Å². The van der Waals surface area contributed by atoms with Crippen LogP contribution in [0.4, 0.5) is 13.2 Å². The van der Waals surface area contributed by atoms with Crippen LogP contribution in [0.3, 0.4) is 0 Å². The van der Waals surface area contributed by atoms with Gasteiger partial charge in [0.2, 0.25) is 0 Å². The molecule has 0 aliphatic carbocycles. The van der Waals surface area contributed by atoms with Crippen LogP contribution in [-0.4, -0.2) is 6.36 Å². The van der Waals surface area contributed by atoms with Crippen LogP contribution in [0.1, 0.15) is 5.56 Å². The Morgan fingerprint density at radius 1 is 1.36 bits per heavy atom. The fourth-order valence-electron chi connectivity index (χ4n) is 0.917. The number of nitrogens with two attached hydrogens (primary N) is 1. The Labute approximate surface area is 83.4 Å². The molecule has 0 aromatic heterocycles. The monoisotopic (exact) mass is 225 g/mol. The molecule has 1 aromatic carbocycles. The molecule has 0 aliphatic rings. The maximum Gasteiger partial charge on any atom is 0.573 e.